The second kappa shape index (κ2) is 6.41. The largest absolute Gasteiger partial charge is 0.393 e. The van der Waals surface area contributed by atoms with Gasteiger partial charge in [-0.25, -0.2) is 0 Å². The van der Waals surface area contributed by atoms with E-state index in [1.165, 1.54) is 25.8 Å². The summed E-state index contributed by atoms with van der Waals surface area (Å²) >= 11 is 0. The first-order valence-electron chi connectivity index (χ1n) is 6.12. The Bertz CT molecular complexity index is 143. The average Bonchev–Trinajstić information content (AvgIpc) is 2.07. The number of hydrogen-bond donors (Lipinski definition) is 1. The fourth-order valence-corrected chi connectivity index (χ4v) is 2.03. The first kappa shape index (κ1) is 12.0. The zero-order valence-corrected chi connectivity index (χ0v) is 9.71. The maximum Gasteiger partial charge on any atom is 0.0512 e. The van der Waals surface area contributed by atoms with Gasteiger partial charge in [0.1, 0.15) is 0 Å². The lowest BCUT2D eigenvalue weighted by molar-refractivity contribution is 0.154. The average molecular weight is 199 g/mol. The molecule has 0 bridgehead atoms. The minimum atomic E-state index is -0.127. The molecule has 1 rings (SSSR count). The van der Waals surface area contributed by atoms with Gasteiger partial charge in [-0.05, 0) is 51.6 Å². The van der Waals surface area contributed by atoms with Crippen LogP contribution in [0.3, 0.4) is 0 Å². The van der Waals surface area contributed by atoms with Crippen molar-refractivity contribution < 1.29 is 5.11 Å². The van der Waals surface area contributed by atoms with Crippen LogP contribution in [0.4, 0.5) is 0 Å². The molecule has 2 heteroatoms. The Hall–Kier alpha value is -0.0800. The third-order valence-electron chi connectivity index (χ3n) is 3.28. The molecule has 84 valence electrons. The summed E-state index contributed by atoms with van der Waals surface area (Å²) in [6.45, 7) is 7.73. The predicted octanol–water partition coefficient (Wildman–Crippen LogP) is 2.27. The summed E-state index contributed by atoms with van der Waals surface area (Å²) in [6, 6.07) is 0. The SMILES string of the molecule is CCN(CCCC(C)O)CC1CCC1. The Labute approximate surface area is 88.3 Å². The molecule has 0 aromatic rings. The third kappa shape index (κ3) is 4.43. The summed E-state index contributed by atoms with van der Waals surface area (Å²) in [5, 5.41) is 9.16. The van der Waals surface area contributed by atoms with E-state index < -0.39 is 0 Å². The zero-order valence-electron chi connectivity index (χ0n) is 9.71. The predicted molar refractivity (Wildman–Crippen MR) is 60.4 cm³/mol. The van der Waals surface area contributed by atoms with Gasteiger partial charge in [-0.3, -0.25) is 0 Å². The van der Waals surface area contributed by atoms with Crippen LogP contribution in [0.2, 0.25) is 0 Å². The molecular weight excluding hydrogens is 174 g/mol. The van der Waals surface area contributed by atoms with Crippen LogP contribution in [0.15, 0.2) is 0 Å². The second-order valence-electron chi connectivity index (χ2n) is 4.68. The zero-order chi connectivity index (χ0) is 10.4. The highest BCUT2D eigenvalue weighted by molar-refractivity contribution is 4.73. The standard InChI is InChI=1S/C12H25NO/c1-3-13(9-5-6-11(2)14)10-12-7-4-8-12/h11-12,14H,3-10H2,1-2H3. The summed E-state index contributed by atoms with van der Waals surface area (Å²) in [5.41, 5.74) is 0. The van der Waals surface area contributed by atoms with E-state index in [0.29, 0.717) is 0 Å². The van der Waals surface area contributed by atoms with Crippen LogP contribution in [0.25, 0.3) is 0 Å². The number of aliphatic hydroxyl groups is 1. The molecule has 0 saturated heterocycles. The summed E-state index contributed by atoms with van der Waals surface area (Å²) in [5.74, 6) is 0.974. The van der Waals surface area contributed by atoms with Crippen molar-refractivity contribution in [2.45, 2.75) is 52.1 Å². The van der Waals surface area contributed by atoms with Crippen LogP contribution in [-0.4, -0.2) is 35.7 Å². The lowest BCUT2D eigenvalue weighted by atomic mass is 9.85. The van der Waals surface area contributed by atoms with Crippen molar-refractivity contribution in [3.63, 3.8) is 0 Å². The molecule has 1 unspecified atom stereocenters. The highest BCUT2D eigenvalue weighted by Gasteiger charge is 2.19. The molecule has 2 nitrogen and oxygen atoms in total. The molecule has 0 aromatic carbocycles. The number of aliphatic hydroxyl groups excluding tert-OH is 1. The summed E-state index contributed by atoms with van der Waals surface area (Å²) in [6.07, 6.45) is 6.27. The van der Waals surface area contributed by atoms with E-state index in [9.17, 15) is 0 Å². The molecule has 0 spiro atoms. The molecule has 0 amide bonds. The Morgan fingerprint density at radius 2 is 2.14 bits per heavy atom. The molecule has 1 saturated carbocycles. The quantitative estimate of drug-likeness (QED) is 0.680. The van der Waals surface area contributed by atoms with Gasteiger partial charge in [0, 0.05) is 6.54 Å². The Morgan fingerprint density at radius 1 is 1.43 bits per heavy atom. The maximum atomic E-state index is 9.16. The highest BCUT2D eigenvalue weighted by Crippen LogP contribution is 2.27. The molecule has 14 heavy (non-hydrogen) atoms. The van der Waals surface area contributed by atoms with Gasteiger partial charge in [-0.2, -0.15) is 0 Å². The third-order valence-corrected chi connectivity index (χ3v) is 3.28. The maximum absolute atomic E-state index is 9.16. The Morgan fingerprint density at radius 3 is 2.57 bits per heavy atom. The minimum Gasteiger partial charge on any atom is -0.393 e. The van der Waals surface area contributed by atoms with E-state index in [4.69, 9.17) is 5.11 Å². The summed E-state index contributed by atoms with van der Waals surface area (Å²) in [4.78, 5) is 2.53. The van der Waals surface area contributed by atoms with E-state index in [0.717, 1.165) is 31.8 Å². The first-order chi connectivity index (χ1) is 6.72. The fraction of sp³-hybridized carbons (Fsp3) is 1.00. The number of rotatable bonds is 7. The Balaban J connectivity index is 2.04. The van der Waals surface area contributed by atoms with Crippen molar-refractivity contribution in [3.8, 4) is 0 Å². The second-order valence-corrected chi connectivity index (χ2v) is 4.68. The number of hydrogen-bond acceptors (Lipinski definition) is 2. The molecule has 1 fully saturated rings. The lowest BCUT2D eigenvalue weighted by Gasteiger charge is -2.31. The number of nitrogens with zero attached hydrogens (tertiary/aromatic N) is 1. The van der Waals surface area contributed by atoms with Crippen molar-refractivity contribution in [2.75, 3.05) is 19.6 Å². The van der Waals surface area contributed by atoms with Crippen LogP contribution in [0, 0.1) is 5.92 Å². The van der Waals surface area contributed by atoms with E-state index in [-0.39, 0.29) is 6.10 Å². The lowest BCUT2D eigenvalue weighted by Crippen LogP contribution is -2.33. The molecule has 0 aliphatic heterocycles. The van der Waals surface area contributed by atoms with Crippen molar-refractivity contribution in [2.24, 2.45) is 5.92 Å². The summed E-state index contributed by atoms with van der Waals surface area (Å²) < 4.78 is 0. The molecule has 0 radical (unpaired) electrons. The van der Waals surface area contributed by atoms with Crippen LogP contribution in [-0.2, 0) is 0 Å². The van der Waals surface area contributed by atoms with Crippen LogP contribution >= 0.6 is 0 Å². The van der Waals surface area contributed by atoms with Gasteiger partial charge < -0.3 is 10.0 Å². The molecular formula is C12H25NO. The van der Waals surface area contributed by atoms with Gasteiger partial charge in [-0.1, -0.05) is 13.3 Å². The molecule has 0 aromatic heterocycles. The Kier molecular flexibility index (Phi) is 5.49. The highest BCUT2D eigenvalue weighted by atomic mass is 16.3. The van der Waals surface area contributed by atoms with E-state index in [1.54, 1.807) is 0 Å². The van der Waals surface area contributed by atoms with Crippen molar-refractivity contribution in [3.05, 3.63) is 0 Å². The normalized spacial score (nSPS) is 19.7. The fourth-order valence-electron chi connectivity index (χ4n) is 2.03. The topological polar surface area (TPSA) is 23.5 Å². The van der Waals surface area contributed by atoms with Crippen molar-refractivity contribution in [1.29, 1.82) is 0 Å². The van der Waals surface area contributed by atoms with Crippen LogP contribution in [0.5, 0.6) is 0 Å². The monoisotopic (exact) mass is 199 g/mol. The molecule has 1 aliphatic carbocycles. The van der Waals surface area contributed by atoms with Crippen molar-refractivity contribution >= 4 is 0 Å². The molecule has 1 N–H and O–H groups in total. The van der Waals surface area contributed by atoms with Crippen molar-refractivity contribution in [1.82, 2.24) is 4.90 Å². The molecule has 0 heterocycles. The van der Waals surface area contributed by atoms with E-state index >= 15 is 0 Å². The molecule has 1 atom stereocenters. The van der Waals surface area contributed by atoms with E-state index in [2.05, 4.69) is 11.8 Å². The summed E-state index contributed by atoms with van der Waals surface area (Å²) in [7, 11) is 0. The van der Waals surface area contributed by atoms with Gasteiger partial charge in [0.2, 0.25) is 0 Å². The minimum absolute atomic E-state index is 0.127. The van der Waals surface area contributed by atoms with Crippen LogP contribution < -0.4 is 0 Å². The smallest absolute Gasteiger partial charge is 0.0512 e. The molecule has 1 aliphatic rings. The van der Waals surface area contributed by atoms with Gasteiger partial charge in [0.05, 0.1) is 6.10 Å². The first-order valence-corrected chi connectivity index (χ1v) is 6.12. The van der Waals surface area contributed by atoms with Gasteiger partial charge >= 0.3 is 0 Å². The van der Waals surface area contributed by atoms with Gasteiger partial charge in [0.25, 0.3) is 0 Å². The van der Waals surface area contributed by atoms with Gasteiger partial charge in [-0.15, -0.1) is 0 Å². The van der Waals surface area contributed by atoms with Crippen LogP contribution in [0.1, 0.15) is 46.0 Å². The van der Waals surface area contributed by atoms with Gasteiger partial charge in [0.15, 0.2) is 0 Å². The van der Waals surface area contributed by atoms with E-state index in [1.807, 2.05) is 6.92 Å².